The van der Waals surface area contributed by atoms with E-state index in [2.05, 4.69) is 10.3 Å². The largest absolute Gasteiger partial charge is 0.356 e. The van der Waals surface area contributed by atoms with Crippen LogP contribution in [0.2, 0.25) is 5.15 Å². The molecule has 0 saturated heterocycles. The van der Waals surface area contributed by atoms with Crippen molar-refractivity contribution >= 4 is 23.6 Å². The van der Waals surface area contributed by atoms with Crippen molar-refractivity contribution in [3.05, 3.63) is 34.6 Å². The van der Waals surface area contributed by atoms with Crippen LogP contribution in [-0.2, 0) is 4.79 Å². The van der Waals surface area contributed by atoms with E-state index in [-0.39, 0.29) is 5.91 Å². The molecular formula is C12H12ClN3O. The number of nitriles is 1. The number of rotatable bonds is 4. The second kappa shape index (κ2) is 6.66. The van der Waals surface area contributed by atoms with Crippen LogP contribution in [0.25, 0.3) is 6.08 Å². The molecule has 0 saturated carbocycles. The SMILES string of the molecule is CC(=O)NCCC=Cc1cc(C#N)cnc1Cl. The molecule has 1 aromatic heterocycles. The Bertz CT molecular complexity index is 477. The lowest BCUT2D eigenvalue weighted by Crippen LogP contribution is -2.20. The van der Waals surface area contributed by atoms with E-state index in [1.54, 1.807) is 12.1 Å². The first-order chi connectivity index (χ1) is 8.13. The standard InChI is InChI=1S/C12H12ClN3O/c1-9(17)15-5-3-2-4-11-6-10(7-14)8-16-12(11)13/h2,4,6,8H,3,5H2,1H3,(H,15,17). The summed E-state index contributed by atoms with van der Waals surface area (Å²) in [6.45, 7) is 2.05. The van der Waals surface area contributed by atoms with Gasteiger partial charge in [0.1, 0.15) is 11.2 Å². The Balaban J connectivity index is 2.59. The summed E-state index contributed by atoms with van der Waals surface area (Å²) >= 11 is 5.87. The molecule has 0 atom stereocenters. The number of halogens is 1. The van der Waals surface area contributed by atoms with Gasteiger partial charge >= 0.3 is 0 Å². The van der Waals surface area contributed by atoms with Crippen LogP contribution in [0.1, 0.15) is 24.5 Å². The number of nitrogens with one attached hydrogen (secondary N) is 1. The highest BCUT2D eigenvalue weighted by Gasteiger charge is 1.99. The fourth-order valence-corrected chi connectivity index (χ4v) is 1.35. The zero-order valence-corrected chi connectivity index (χ0v) is 10.2. The van der Waals surface area contributed by atoms with E-state index in [0.717, 1.165) is 0 Å². The molecule has 0 bridgehead atoms. The summed E-state index contributed by atoms with van der Waals surface area (Å²) in [5.74, 6) is -0.0513. The Morgan fingerprint density at radius 2 is 2.47 bits per heavy atom. The summed E-state index contributed by atoms with van der Waals surface area (Å²) in [5.41, 5.74) is 1.17. The molecule has 0 radical (unpaired) electrons. The molecule has 5 heteroatoms. The molecule has 1 amide bonds. The zero-order chi connectivity index (χ0) is 12.7. The van der Waals surface area contributed by atoms with Crippen molar-refractivity contribution in [3.63, 3.8) is 0 Å². The first-order valence-corrected chi connectivity index (χ1v) is 5.48. The van der Waals surface area contributed by atoms with Gasteiger partial charge in [-0.05, 0) is 12.5 Å². The monoisotopic (exact) mass is 249 g/mol. The lowest BCUT2D eigenvalue weighted by Gasteiger charge is -1.99. The molecule has 1 rings (SSSR count). The summed E-state index contributed by atoms with van der Waals surface area (Å²) in [7, 11) is 0. The molecule has 4 nitrogen and oxygen atoms in total. The van der Waals surface area contributed by atoms with Gasteiger partial charge in [-0.25, -0.2) is 4.98 Å². The maximum atomic E-state index is 10.6. The Morgan fingerprint density at radius 1 is 1.71 bits per heavy atom. The van der Waals surface area contributed by atoms with Gasteiger partial charge < -0.3 is 5.32 Å². The van der Waals surface area contributed by atoms with E-state index in [9.17, 15) is 4.79 Å². The second-order valence-electron chi connectivity index (χ2n) is 3.39. The smallest absolute Gasteiger partial charge is 0.216 e. The van der Waals surface area contributed by atoms with Gasteiger partial charge in [-0.1, -0.05) is 23.8 Å². The first kappa shape index (κ1) is 13.2. The molecule has 88 valence electrons. The van der Waals surface area contributed by atoms with E-state index >= 15 is 0 Å². The molecule has 0 aliphatic heterocycles. The fraction of sp³-hybridized carbons (Fsp3) is 0.250. The summed E-state index contributed by atoms with van der Waals surface area (Å²) in [6, 6.07) is 3.67. The lowest BCUT2D eigenvalue weighted by atomic mass is 10.2. The summed E-state index contributed by atoms with van der Waals surface area (Å²) in [4.78, 5) is 14.5. The van der Waals surface area contributed by atoms with Crippen LogP contribution >= 0.6 is 11.6 Å². The summed E-state index contributed by atoms with van der Waals surface area (Å²) in [6.07, 6.45) is 5.79. The molecule has 0 aliphatic rings. The van der Waals surface area contributed by atoms with Gasteiger partial charge in [0.25, 0.3) is 0 Å². The number of hydrogen-bond acceptors (Lipinski definition) is 3. The normalized spacial score (nSPS) is 10.2. The van der Waals surface area contributed by atoms with Gasteiger partial charge in [-0.2, -0.15) is 5.26 Å². The zero-order valence-electron chi connectivity index (χ0n) is 9.40. The van der Waals surface area contributed by atoms with Crippen molar-refractivity contribution in [2.75, 3.05) is 6.54 Å². The third-order valence-corrected chi connectivity index (χ3v) is 2.29. The molecule has 0 fully saturated rings. The lowest BCUT2D eigenvalue weighted by molar-refractivity contribution is -0.118. The number of aromatic nitrogens is 1. The minimum Gasteiger partial charge on any atom is -0.356 e. The first-order valence-electron chi connectivity index (χ1n) is 5.10. The van der Waals surface area contributed by atoms with Crippen LogP contribution in [0.4, 0.5) is 0 Å². The number of pyridine rings is 1. The Hall–Kier alpha value is -1.86. The van der Waals surface area contributed by atoms with Gasteiger partial charge in [0.2, 0.25) is 5.91 Å². The van der Waals surface area contributed by atoms with Gasteiger partial charge in [0, 0.05) is 25.2 Å². The van der Waals surface area contributed by atoms with Crippen LogP contribution in [0, 0.1) is 11.3 Å². The van der Waals surface area contributed by atoms with E-state index in [1.165, 1.54) is 13.1 Å². The second-order valence-corrected chi connectivity index (χ2v) is 3.75. The van der Waals surface area contributed by atoms with E-state index < -0.39 is 0 Å². The van der Waals surface area contributed by atoms with Crippen molar-refractivity contribution in [2.24, 2.45) is 0 Å². The summed E-state index contributed by atoms with van der Waals surface area (Å²) < 4.78 is 0. The molecule has 0 unspecified atom stereocenters. The van der Waals surface area contributed by atoms with Crippen molar-refractivity contribution in [2.45, 2.75) is 13.3 Å². The Kier molecular flexibility index (Phi) is 5.18. The number of hydrogen-bond donors (Lipinski definition) is 1. The van der Waals surface area contributed by atoms with E-state index in [4.69, 9.17) is 16.9 Å². The number of carbonyl (C=O) groups excluding carboxylic acids is 1. The van der Waals surface area contributed by atoms with E-state index in [0.29, 0.717) is 29.2 Å². The van der Waals surface area contributed by atoms with Crippen LogP contribution in [0.3, 0.4) is 0 Å². The highest BCUT2D eigenvalue weighted by Crippen LogP contribution is 2.15. The van der Waals surface area contributed by atoms with Crippen LogP contribution in [0.5, 0.6) is 0 Å². The van der Waals surface area contributed by atoms with Gasteiger partial charge in [-0.3, -0.25) is 4.79 Å². The number of nitrogens with zero attached hydrogens (tertiary/aromatic N) is 2. The molecule has 1 aromatic rings. The molecule has 17 heavy (non-hydrogen) atoms. The van der Waals surface area contributed by atoms with Crippen LogP contribution in [0.15, 0.2) is 18.3 Å². The topological polar surface area (TPSA) is 65.8 Å². The van der Waals surface area contributed by atoms with Crippen LogP contribution in [-0.4, -0.2) is 17.4 Å². The van der Waals surface area contributed by atoms with E-state index in [1.807, 2.05) is 12.1 Å². The van der Waals surface area contributed by atoms with Crippen molar-refractivity contribution < 1.29 is 4.79 Å². The quantitative estimate of drug-likeness (QED) is 0.657. The van der Waals surface area contributed by atoms with Crippen molar-refractivity contribution in [3.8, 4) is 6.07 Å². The molecule has 0 aliphatic carbocycles. The van der Waals surface area contributed by atoms with Gasteiger partial charge in [-0.15, -0.1) is 0 Å². The predicted octanol–water partition coefficient (Wildman–Crippen LogP) is 2.15. The summed E-state index contributed by atoms with van der Waals surface area (Å²) in [5, 5.41) is 11.8. The Labute approximate surface area is 105 Å². The maximum Gasteiger partial charge on any atom is 0.216 e. The highest BCUT2D eigenvalue weighted by atomic mass is 35.5. The minimum atomic E-state index is -0.0513. The number of amides is 1. The molecular weight excluding hydrogens is 238 g/mol. The minimum absolute atomic E-state index is 0.0513. The molecule has 1 N–H and O–H groups in total. The third-order valence-electron chi connectivity index (χ3n) is 1.98. The average Bonchev–Trinajstić information content (AvgIpc) is 2.30. The Morgan fingerprint density at radius 3 is 3.12 bits per heavy atom. The third kappa shape index (κ3) is 4.66. The molecule has 0 spiro atoms. The highest BCUT2D eigenvalue weighted by molar-refractivity contribution is 6.30. The van der Waals surface area contributed by atoms with Crippen LogP contribution < -0.4 is 5.32 Å². The molecule has 1 heterocycles. The van der Waals surface area contributed by atoms with Gasteiger partial charge in [0.05, 0.1) is 5.56 Å². The number of carbonyl (C=O) groups is 1. The van der Waals surface area contributed by atoms with Crippen molar-refractivity contribution in [1.82, 2.24) is 10.3 Å². The van der Waals surface area contributed by atoms with Crippen molar-refractivity contribution in [1.29, 1.82) is 5.26 Å². The maximum absolute atomic E-state index is 10.6. The molecule has 0 aromatic carbocycles. The average molecular weight is 250 g/mol. The predicted molar refractivity (Wildman–Crippen MR) is 66.3 cm³/mol. The fourth-order valence-electron chi connectivity index (χ4n) is 1.18. The van der Waals surface area contributed by atoms with Gasteiger partial charge in [0.15, 0.2) is 0 Å².